The summed E-state index contributed by atoms with van der Waals surface area (Å²) in [5.74, 6) is -4.16. The summed E-state index contributed by atoms with van der Waals surface area (Å²) in [5.41, 5.74) is 4.99. The molecule has 1 aromatic carbocycles. The monoisotopic (exact) mass is 294 g/mol. The number of nitrogens with two attached hydrogens (primary N) is 2. The average Bonchev–Trinajstić information content (AvgIpc) is 2.25. The number of ether oxygens (including phenoxy) is 1. The molecule has 1 rings (SSSR count). The molecule has 9 heteroatoms. The van der Waals surface area contributed by atoms with Gasteiger partial charge in [0.2, 0.25) is 10.0 Å². The Hall–Kier alpha value is -1.74. The zero-order chi connectivity index (χ0) is 14.8. The van der Waals surface area contributed by atoms with Crippen LogP contribution in [0.2, 0.25) is 0 Å². The molecule has 1 amide bonds. The van der Waals surface area contributed by atoms with Crippen molar-refractivity contribution < 1.29 is 26.7 Å². The lowest BCUT2D eigenvalue weighted by atomic mass is 10.2. The Kier molecular flexibility index (Phi) is 4.43. The predicted molar refractivity (Wildman–Crippen MR) is 61.6 cm³/mol. The van der Waals surface area contributed by atoms with Crippen molar-refractivity contribution in [3.05, 3.63) is 23.8 Å². The fourth-order valence-corrected chi connectivity index (χ4v) is 2.03. The molecule has 106 valence electrons. The topological polar surface area (TPSA) is 112 Å². The van der Waals surface area contributed by atoms with Crippen LogP contribution in [0.15, 0.2) is 17.0 Å². The summed E-state index contributed by atoms with van der Waals surface area (Å²) in [7, 11) is -4.42. The Morgan fingerprint density at radius 2 is 2.00 bits per heavy atom. The number of rotatable bonds is 5. The zero-order valence-corrected chi connectivity index (χ0v) is 10.7. The molecule has 6 nitrogen and oxygen atoms in total. The number of primary sulfonamides is 1. The number of sulfonamides is 1. The number of hydrogen-bond donors (Lipinski definition) is 2. The van der Waals surface area contributed by atoms with Gasteiger partial charge in [-0.15, -0.1) is 0 Å². The van der Waals surface area contributed by atoms with Gasteiger partial charge in [-0.2, -0.15) is 0 Å². The molecule has 0 fully saturated rings. The molecule has 0 heterocycles. The SMILES string of the molecule is CCC(Oc1c(F)cc(F)cc1S(N)(=O)=O)C(N)=O. The van der Waals surface area contributed by atoms with Crippen molar-refractivity contribution in [2.45, 2.75) is 24.3 Å². The van der Waals surface area contributed by atoms with Gasteiger partial charge in [0, 0.05) is 6.07 Å². The maximum atomic E-state index is 13.6. The van der Waals surface area contributed by atoms with E-state index >= 15 is 0 Å². The number of carbonyl (C=O) groups excluding carboxylic acids is 1. The van der Waals surface area contributed by atoms with Crippen LogP contribution in [0.3, 0.4) is 0 Å². The highest BCUT2D eigenvalue weighted by Gasteiger charge is 2.25. The van der Waals surface area contributed by atoms with Gasteiger partial charge >= 0.3 is 0 Å². The van der Waals surface area contributed by atoms with Gasteiger partial charge in [-0.3, -0.25) is 4.79 Å². The number of halogens is 2. The van der Waals surface area contributed by atoms with Gasteiger partial charge in [-0.05, 0) is 12.5 Å². The molecule has 1 aromatic rings. The molecule has 0 saturated carbocycles. The Morgan fingerprint density at radius 3 is 2.42 bits per heavy atom. The minimum atomic E-state index is -4.42. The molecule has 1 unspecified atom stereocenters. The number of amides is 1. The Labute approximate surface area is 108 Å². The molecule has 0 spiro atoms. The van der Waals surface area contributed by atoms with Crippen LogP contribution in [-0.2, 0) is 14.8 Å². The van der Waals surface area contributed by atoms with Gasteiger partial charge < -0.3 is 10.5 Å². The highest BCUT2D eigenvalue weighted by Crippen LogP contribution is 2.28. The van der Waals surface area contributed by atoms with Gasteiger partial charge in [0.1, 0.15) is 10.7 Å². The summed E-state index contributed by atoms with van der Waals surface area (Å²) in [4.78, 5) is 10.1. The van der Waals surface area contributed by atoms with Crippen LogP contribution in [0, 0.1) is 11.6 Å². The maximum Gasteiger partial charge on any atom is 0.258 e. The molecule has 0 aliphatic heterocycles. The van der Waals surface area contributed by atoms with E-state index in [2.05, 4.69) is 0 Å². The first-order valence-electron chi connectivity index (χ1n) is 5.14. The highest BCUT2D eigenvalue weighted by atomic mass is 32.2. The molecule has 0 aliphatic carbocycles. The third-order valence-electron chi connectivity index (χ3n) is 2.23. The molecule has 0 aromatic heterocycles. The van der Waals surface area contributed by atoms with Crippen molar-refractivity contribution in [2.24, 2.45) is 10.9 Å². The van der Waals surface area contributed by atoms with E-state index in [1.165, 1.54) is 6.92 Å². The van der Waals surface area contributed by atoms with E-state index in [0.717, 1.165) is 0 Å². The van der Waals surface area contributed by atoms with Gasteiger partial charge in [0.25, 0.3) is 5.91 Å². The molecule has 0 saturated heterocycles. The second-order valence-electron chi connectivity index (χ2n) is 3.68. The minimum Gasteiger partial charge on any atom is -0.476 e. The van der Waals surface area contributed by atoms with Crippen molar-refractivity contribution >= 4 is 15.9 Å². The number of carbonyl (C=O) groups is 1. The Bertz CT molecular complexity index is 604. The predicted octanol–water partition coefficient (Wildman–Crippen LogP) is 0.255. The van der Waals surface area contributed by atoms with Crippen LogP contribution in [-0.4, -0.2) is 20.4 Å². The average molecular weight is 294 g/mol. The van der Waals surface area contributed by atoms with E-state index in [9.17, 15) is 22.0 Å². The lowest BCUT2D eigenvalue weighted by molar-refractivity contribution is -0.124. The first-order valence-corrected chi connectivity index (χ1v) is 6.69. The lowest BCUT2D eigenvalue weighted by Gasteiger charge is -2.16. The third kappa shape index (κ3) is 3.61. The Morgan fingerprint density at radius 1 is 1.42 bits per heavy atom. The largest absolute Gasteiger partial charge is 0.476 e. The van der Waals surface area contributed by atoms with Crippen LogP contribution in [0.25, 0.3) is 0 Å². The summed E-state index contributed by atoms with van der Waals surface area (Å²) < 4.78 is 54.0. The quantitative estimate of drug-likeness (QED) is 0.810. The minimum absolute atomic E-state index is 0.0796. The summed E-state index contributed by atoms with van der Waals surface area (Å²) >= 11 is 0. The van der Waals surface area contributed by atoms with Crippen LogP contribution < -0.4 is 15.6 Å². The van der Waals surface area contributed by atoms with E-state index in [0.29, 0.717) is 12.1 Å². The molecule has 1 atom stereocenters. The van der Waals surface area contributed by atoms with Gasteiger partial charge in [0.15, 0.2) is 17.7 Å². The molecule has 0 radical (unpaired) electrons. The maximum absolute atomic E-state index is 13.6. The molecule has 19 heavy (non-hydrogen) atoms. The standard InChI is InChI=1S/C10H12F2N2O4S/c1-2-7(10(13)15)18-9-6(12)3-5(11)4-8(9)19(14,16)17/h3-4,7H,2H2,1H3,(H2,13,15)(H2,14,16,17). The zero-order valence-electron chi connectivity index (χ0n) is 9.89. The number of primary amides is 1. The summed E-state index contributed by atoms with van der Waals surface area (Å²) in [6, 6.07) is 0.916. The van der Waals surface area contributed by atoms with Gasteiger partial charge in [-0.25, -0.2) is 22.3 Å². The van der Waals surface area contributed by atoms with E-state index in [-0.39, 0.29) is 6.42 Å². The van der Waals surface area contributed by atoms with Crippen molar-refractivity contribution in [1.82, 2.24) is 0 Å². The van der Waals surface area contributed by atoms with Gasteiger partial charge in [0.05, 0.1) is 0 Å². The normalized spacial score (nSPS) is 13.1. The lowest BCUT2D eigenvalue weighted by Crippen LogP contribution is -2.34. The van der Waals surface area contributed by atoms with Crippen molar-refractivity contribution in [3.8, 4) is 5.75 Å². The van der Waals surface area contributed by atoms with E-state index in [1.807, 2.05) is 0 Å². The fraction of sp³-hybridized carbons (Fsp3) is 0.300. The van der Waals surface area contributed by atoms with Crippen LogP contribution in [0.5, 0.6) is 5.75 Å². The van der Waals surface area contributed by atoms with Gasteiger partial charge in [-0.1, -0.05) is 6.92 Å². The second-order valence-corrected chi connectivity index (χ2v) is 5.21. The van der Waals surface area contributed by atoms with Crippen molar-refractivity contribution in [3.63, 3.8) is 0 Å². The van der Waals surface area contributed by atoms with Crippen LogP contribution in [0.4, 0.5) is 8.78 Å². The summed E-state index contributed by atoms with van der Waals surface area (Å²) in [5, 5.41) is 4.83. The van der Waals surface area contributed by atoms with E-state index in [1.54, 1.807) is 0 Å². The first kappa shape index (κ1) is 15.3. The molecule has 0 aliphatic rings. The van der Waals surface area contributed by atoms with Crippen molar-refractivity contribution in [2.75, 3.05) is 0 Å². The molecule has 0 bridgehead atoms. The summed E-state index contributed by atoms with van der Waals surface area (Å²) in [6.07, 6.45) is -1.17. The highest BCUT2D eigenvalue weighted by molar-refractivity contribution is 7.89. The number of hydrogen-bond acceptors (Lipinski definition) is 4. The molecule has 4 N–H and O–H groups in total. The van der Waals surface area contributed by atoms with Crippen LogP contribution >= 0.6 is 0 Å². The van der Waals surface area contributed by atoms with Crippen molar-refractivity contribution in [1.29, 1.82) is 0 Å². The van der Waals surface area contributed by atoms with Crippen LogP contribution in [0.1, 0.15) is 13.3 Å². The van der Waals surface area contributed by atoms with E-state index < -0.39 is 44.3 Å². The summed E-state index contributed by atoms with van der Waals surface area (Å²) in [6.45, 7) is 1.52. The third-order valence-corrected chi connectivity index (χ3v) is 3.15. The first-order chi connectivity index (χ1) is 8.66. The smallest absolute Gasteiger partial charge is 0.258 e. The molecular weight excluding hydrogens is 282 g/mol. The molecular formula is C10H12F2N2O4S. The fourth-order valence-electron chi connectivity index (χ4n) is 1.35. The Balaban J connectivity index is 3.38. The number of benzene rings is 1. The van der Waals surface area contributed by atoms with E-state index in [4.69, 9.17) is 15.6 Å². The second kappa shape index (κ2) is 5.49.